The van der Waals surface area contributed by atoms with Gasteiger partial charge in [-0.15, -0.1) is 0 Å². The molecule has 2 atom stereocenters. The van der Waals surface area contributed by atoms with E-state index in [0.717, 1.165) is 22.0 Å². The Labute approximate surface area is 196 Å². The number of benzene rings is 2. The lowest BCUT2D eigenvalue weighted by atomic mass is 9.99. The number of hydrogen-bond donors (Lipinski definition) is 3. The van der Waals surface area contributed by atoms with Gasteiger partial charge in [-0.2, -0.15) is 11.8 Å². The van der Waals surface area contributed by atoms with Crippen molar-refractivity contribution in [2.45, 2.75) is 31.9 Å². The average Bonchev–Trinajstić information content (AvgIpc) is 3.23. The topological polar surface area (TPSA) is 108 Å². The third kappa shape index (κ3) is 7.12. The Morgan fingerprint density at radius 2 is 1.82 bits per heavy atom. The molecule has 0 saturated carbocycles. The van der Waals surface area contributed by atoms with Crippen molar-refractivity contribution in [1.82, 2.24) is 10.3 Å². The summed E-state index contributed by atoms with van der Waals surface area (Å²) < 4.78 is 5.33. The summed E-state index contributed by atoms with van der Waals surface area (Å²) in [5, 5.41) is 13.3. The van der Waals surface area contributed by atoms with Crippen molar-refractivity contribution in [2.24, 2.45) is 5.92 Å². The van der Waals surface area contributed by atoms with Gasteiger partial charge in [0, 0.05) is 29.4 Å². The van der Waals surface area contributed by atoms with Crippen LogP contribution in [0.2, 0.25) is 0 Å². The molecule has 0 aliphatic carbocycles. The summed E-state index contributed by atoms with van der Waals surface area (Å²) in [6.45, 7) is 0.134. The van der Waals surface area contributed by atoms with Crippen LogP contribution < -0.4 is 5.32 Å². The number of amides is 1. The Morgan fingerprint density at radius 1 is 1.09 bits per heavy atom. The smallest absolute Gasteiger partial charge is 0.326 e. The number of thioether (sulfide) groups is 1. The highest BCUT2D eigenvalue weighted by Gasteiger charge is 2.28. The SMILES string of the molecule is CSCC[C@H](CC(=O)OCc1ccccc1)C(=O)N[C@@H](Cc1c[nH]c2ccccc12)C(=O)O. The van der Waals surface area contributed by atoms with Gasteiger partial charge >= 0.3 is 11.9 Å². The first kappa shape index (κ1) is 24.4. The third-order valence-electron chi connectivity index (χ3n) is 5.41. The summed E-state index contributed by atoms with van der Waals surface area (Å²) in [5.74, 6) is -2.05. The van der Waals surface area contributed by atoms with Crippen molar-refractivity contribution in [3.8, 4) is 0 Å². The predicted octanol–water partition coefficient (Wildman–Crippen LogP) is 3.78. The largest absolute Gasteiger partial charge is 0.480 e. The molecule has 0 bridgehead atoms. The van der Waals surface area contributed by atoms with E-state index in [2.05, 4.69) is 10.3 Å². The molecule has 174 valence electrons. The van der Waals surface area contributed by atoms with E-state index in [4.69, 9.17) is 4.74 Å². The zero-order valence-corrected chi connectivity index (χ0v) is 19.3. The Bertz CT molecular complexity index is 1080. The highest BCUT2D eigenvalue weighted by molar-refractivity contribution is 7.98. The number of aromatic amines is 1. The van der Waals surface area contributed by atoms with Crippen molar-refractivity contribution in [3.63, 3.8) is 0 Å². The van der Waals surface area contributed by atoms with Crippen LogP contribution in [0.15, 0.2) is 60.8 Å². The van der Waals surface area contributed by atoms with Crippen molar-refractivity contribution >= 4 is 40.5 Å². The van der Waals surface area contributed by atoms with E-state index in [1.165, 1.54) is 0 Å². The van der Waals surface area contributed by atoms with Gasteiger partial charge in [-0.05, 0) is 35.6 Å². The van der Waals surface area contributed by atoms with E-state index in [1.54, 1.807) is 18.0 Å². The average molecular weight is 469 g/mol. The van der Waals surface area contributed by atoms with Gasteiger partial charge < -0.3 is 20.1 Å². The zero-order chi connectivity index (χ0) is 23.6. The molecule has 0 spiro atoms. The molecule has 0 radical (unpaired) electrons. The minimum Gasteiger partial charge on any atom is -0.480 e. The van der Waals surface area contributed by atoms with E-state index in [-0.39, 0.29) is 19.4 Å². The first-order valence-electron chi connectivity index (χ1n) is 10.7. The first-order chi connectivity index (χ1) is 16.0. The lowest BCUT2D eigenvalue weighted by molar-refractivity contribution is -0.148. The van der Waals surface area contributed by atoms with Crippen LogP contribution in [0.3, 0.4) is 0 Å². The number of nitrogens with one attached hydrogen (secondary N) is 2. The summed E-state index contributed by atoms with van der Waals surface area (Å²) in [5.41, 5.74) is 2.57. The van der Waals surface area contributed by atoms with Crippen molar-refractivity contribution in [3.05, 3.63) is 71.9 Å². The summed E-state index contributed by atoms with van der Waals surface area (Å²) >= 11 is 1.56. The van der Waals surface area contributed by atoms with Crippen LogP contribution in [0.1, 0.15) is 24.0 Å². The molecule has 1 heterocycles. The quantitative estimate of drug-likeness (QED) is 0.349. The second-order valence-electron chi connectivity index (χ2n) is 7.79. The van der Waals surface area contributed by atoms with E-state index in [9.17, 15) is 19.5 Å². The van der Waals surface area contributed by atoms with Crippen LogP contribution in [0, 0.1) is 5.92 Å². The maximum atomic E-state index is 13.0. The molecule has 0 fully saturated rings. The van der Waals surface area contributed by atoms with E-state index in [0.29, 0.717) is 12.2 Å². The van der Waals surface area contributed by atoms with Crippen molar-refractivity contribution < 1.29 is 24.2 Å². The number of aliphatic carboxylic acids is 1. The highest BCUT2D eigenvalue weighted by atomic mass is 32.2. The predicted molar refractivity (Wildman–Crippen MR) is 129 cm³/mol. The van der Waals surface area contributed by atoms with Gasteiger partial charge in [0.05, 0.1) is 6.42 Å². The molecule has 1 aromatic heterocycles. The molecular formula is C25H28N2O5S. The maximum absolute atomic E-state index is 13.0. The standard InChI is InChI=1S/C25H28N2O5S/c1-33-12-11-18(14-23(28)32-16-17-7-3-2-4-8-17)24(29)27-22(25(30)31)13-19-15-26-21-10-6-5-9-20(19)21/h2-10,15,18,22,26H,11-14,16H2,1H3,(H,27,29)(H,30,31)/t18-,22+/m1/s1. The van der Waals surface area contributed by atoms with E-state index < -0.39 is 29.8 Å². The number of carboxylic acid groups (broad SMARTS) is 1. The minimum absolute atomic E-state index is 0.0986. The molecule has 3 N–H and O–H groups in total. The van der Waals surface area contributed by atoms with Gasteiger partial charge in [-0.25, -0.2) is 4.79 Å². The molecule has 2 aromatic carbocycles. The lowest BCUT2D eigenvalue weighted by Crippen LogP contribution is -2.45. The van der Waals surface area contributed by atoms with Crippen molar-refractivity contribution in [1.29, 1.82) is 0 Å². The Hall–Kier alpha value is -3.26. The van der Waals surface area contributed by atoms with E-state index in [1.807, 2.05) is 60.9 Å². The van der Waals surface area contributed by atoms with Crippen LogP contribution >= 0.6 is 11.8 Å². The second-order valence-corrected chi connectivity index (χ2v) is 8.78. The molecule has 0 saturated heterocycles. The zero-order valence-electron chi connectivity index (χ0n) is 18.5. The van der Waals surface area contributed by atoms with Gasteiger partial charge in [-0.3, -0.25) is 9.59 Å². The van der Waals surface area contributed by atoms with Gasteiger partial charge in [0.15, 0.2) is 0 Å². The number of esters is 1. The normalized spacial score (nSPS) is 12.8. The monoisotopic (exact) mass is 468 g/mol. The molecule has 3 rings (SSSR count). The maximum Gasteiger partial charge on any atom is 0.326 e. The Balaban J connectivity index is 1.63. The van der Waals surface area contributed by atoms with Crippen LogP contribution in [0.5, 0.6) is 0 Å². The molecular weight excluding hydrogens is 440 g/mol. The number of carbonyl (C=O) groups is 3. The number of fused-ring (bicyclic) bond motifs is 1. The Morgan fingerprint density at radius 3 is 2.55 bits per heavy atom. The number of H-pyrrole nitrogens is 1. The number of rotatable bonds is 12. The van der Waals surface area contributed by atoms with Crippen LogP contribution in [-0.2, 0) is 32.1 Å². The summed E-state index contributed by atoms with van der Waals surface area (Å²) in [6, 6.07) is 15.8. The van der Waals surface area contributed by atoms with Crippen molar-refractivity contribution in [2.75, 3.05) is 12.0 Å². The summed E-state index contributed by atoms with van der Waals surface area (Å²) in [6.07, 6.45) is 4.17. The fraction of sp³-hybridized carbons (Fsp3) is 0.320. The number of carboxylic acids is 1. The van der Waals surface area contributed by atoms with Gasteiger partial charge in [0.1, 0.15) is 12.6 Å². The number of carbonyl (C=O) groups excluding carboxylic acids is 2. The molecule has 33 heavy (non-hydrogen) atoms. The van der Waals surface area contributed by atoms with Gasteiger partial charge in [0.2, 0.25) is 5.91 Å². The van der Waals surface area contributed by atoms with Gasteiger partial charge in [-0.1, -0.05) is 48.5 Å². The van der Waals surface area contributed by atoms with E-state index >= 15 is 0 Å². The summed E-state index contributed by atoms with van der Waals surface area (Å²) in [7, 11) is 0. The fourth-order valence-corrected chi connectivity index (χ4v) is 4.11. The Kier molecular flexibility index (Phi) is 8.95. The highest BCUT2D eigenvalue weighted by Crippen LogP contribution is 2.20. The minimum atomic E-state index is -1.12. The molecule has 7 nitrogen and oxygen atoms in total. The third-order valence-corrected chi connectivity index (χ3v) is 6.05. The number of hydrogen-bond acceptors (Lipinski definition) is 5. The lowest BCUT2D eigenvalue weighted by Gasteiger charge is -2.20. The second kappa shape index (κ2) is 12.1. The summed E-state index contributed by atoms with van der Waals surface area (Å²) in [4.78, 5) is 40.4. The molecule has 0 unspecified atom stereocenters. The first-order valence-corrected chi connectivity index (χ1v) is 12.1. The van der Waals surface area contributed by atoms with Crippen LogP contribution in [0.25, 0.3) is 10.9 Å². The van der Waals surface area contributed by atoms with Crippen LogP contribution in [0.4, 0.5) is 0 Å². The molecule has 3 aromatic rings. The molecule has 0 aliphatic rings. The number of ether oxygens (including phenoxy) is 1. The molecule has 8 heteroatoms. The number of para-hydroxylation sites is 1. The van der Waals surface area contributed by atoms with Gasteiger partial charge in [0.25, 0.3) is 0 Å². The molecule has 0 aliphatic heterocycles. The molecule has 1 amide bonds. The number of aromatic nitrogens is 1. The fourth-order valence-electron chi connectivity index (χ4n) is 3.59. The van der Waals surface area contributed by atoms with Crippen LogP contribution in [-0.4, -0.2) is 46.0 Å².